The Hall–Kier alpha value is -0.0800. The minimum atomic E-state index is 0. The zero-order valence-electron chi connectivity index (χ0n) is 15.3. The molecular formula is C17H35IN4O. The average Bonchev–Trinajstić information content (AvgIpc) is 2.97. The minimum absolute atomic E-state index is 0. The first-order valence-electron chi connectivity index (χ1n) is 8.73. The molecule has 5 nitrogen and oxygen atoms in total. The van der Waals surface area contributed by atoms with Gasteiger partial charge < -0.3 is 19.9 Å². The van der Waals surface area contributed by atoms with E-state index in [0.717, 1.165) is 32.2 Å². The second kappa shape index (κ2) is 10.0. The third kappa shape index (κ3) is 5.46. The molecule has 1 aliphatic carbocycles. The molecule has 0 aromatic heterocycles. The van der Waals surface area contributed by atoms with Crippen molar-refractivity contribution < 1.29 is 4.74 Å². The van der Waals surface area contributed by atoms with Crippen LogP contribution in [0.15, 0.2) is 4.99 Å². The molecule has 136 valence electrons. The van der Waals surface area contributed by atoms with Crippen LogP contribution in [0.1, 0.15) is 38.5 Å². The van der Waals surface area contributed by atoms with Crippen molar-refractivity contribution in [2.45, 2.75) is 44.1 Å². The number of methoxy groups -OCH3 is 1. The Kier molecular flexibility index (Phi) is 9.15. The number of aliphatic imine (C=N–C) groups is 1. The second-order valence-electron chi connectivity index (χ2n) is 7.14. The largest absolute Gasteiger partial charge is 0.384 e. The Bertz CT molecular complexity index is 370. The number of nitrogens with zero attached hydrogens (tertiary/aromatic N) is 3. The summed E-state index contributed by atoms with van der Waals surface area (Å²) in [5, 5.41) is 3.66. The number of halogens is 1. The summed E-state index contributed by atoms with van der Waals surface area (Å²) >= 11 is 0. The highest BCUT2D eigenvalue weighted by molar-refractivity contribution is 14.0. The molecule has 2 fully saturated rings. The van der Waals surface area contributed by atoms with Gasteiger partial charge in [0.15, 0.2) is 5.96 Å². The number of ether oxygens (including phenoxy) is 1. The van der Waals surface area contributed by atoms with Crippen molar-refractivity contribution in [1.82, 2.24) is 15.1 Å². The van der Waals surface area contributed by atoms with E-state index in [2.05, 4.69) is 34.2 Å². The van der Waals surface area contributed by atoms with Gasteiger partial charge in [-0.1, -0.05) is 19.3 Å². The second-order valence-corrected chi connectivity index (χ2v) is 7.14. The number of hydrogen-bond acceptors (Lipinski definition) is 3. The Balaban J connectivity index is 0.00000264. The topological polar surface area (TPSA) is 40.1 Å². The van der Waals surface area contributed by atoms with Crippen molar-refractivity contribution in [3.05, 3.63) is 0 Å². The summed E-state index contributed by atoms with van der Waals surface area (Å²) in [6, 6.07) is 0. The van der Waals surface area contributed by atoms with Gasteiger partial charge in [0.1, 0.15) is 0 Å². The van der Waals surface area contributed by atoms with E-state index in [-0.39, 0.29) is 24.0 Å². The molecule has 23 heavy (non-hydrogen) atoms. The average molecular weight is 438 g/mol. The quantitative estimate of drug-likeness (QED) is 0.407. The van der Waals surface area contributed by atoms with E-state index in [0.29, 0.717) is 11.5 Å². The van der Waals surface area contributed by atoms with Gasteiger partial charge in [-0.05, 0) is 33.4 Å². The smallest absolute Gasteiger partial charge is 0.193 e. The van der Waals surface area contributed by atoms with Crippen LogP contribution in [0.25, 0.3) is 0 Å². The SMILES string of the molecule is CN=C(NCC1(N(C)C)CCCCC1)N1CCC(COC)C1.I. The summed E-state index contributed by atoms with van der Waals surface area (Å²) in [5.74, 6) is 1.70. The number of hydrogen-bond donors (Lipinski definition) is 1. The molecule has 2 rings (SSSR count). The van der Waals surface area contributed by atoms with E-state index in [1.165, 1.54) is 38.5 Å². The molecule has 1 unspecified atom stereocenters. The van der Waals surface area contributed by atoms with Crippen LogP contribution in [0.5, 0.6) is 0 Å². The fraction of sp³-hybridized carbons (Fsp3) is 0.941. The van der Waals surface area contributed by atoms with Crippen LogP contribution < -0.4 is 5.32 Å². The molecule has 0 spiro atoms. The number of rotatable bonds is 5. The summed E-state index contributed by atoms with van der Waals surface area (Å²) in [6.45, 7) is 4.00. The molecule has 1 heterocycles. The monoisotopic (exact) mass is 438 g/mol. The highest BCUT2D eigenvalue weighted by Gasteiger charge is 2.35. The number of nitrogens with one attached hydrogen (secondary N) is 1. The van der Waals surface area contributed by atoms with Gasteiger partial charge in [-0.2, -0.15) is 0 Å². The lowest BCUT2D eigenvalue weighted by Crippen LogP contribution is -2.55. The number of guanidine groups is 1. The molecule has 1 saturated heterocycles. The summed E-state index contributed by atoms with van der Waals surface area (Å²) in [4.78, 5) is 9.32. The molecule has 1 aliphatic heterocycles. The number of likely N-dealkylation sites (N-methyl/N-ethyl adjacent to an activating group) is 1. The molecule has 2 aliphatic rings. The summed E-state index contributed by atoms with van der Waals surface area (Å²) in [5.41, 5.74) is 0.292. The molecule has 0 bridgehead atoms. The van der Waals surface area contributed by atoms with E-state index in [1.54, 1.807) is 7.11 Å². The van der Waals surface area contributed by atoms with Gasteiger partial charge in [-0.3, -0.25) is 4.99 Å². The van der Waals surface area contributed by atoms with Crippen LogP contribution >= 0.6 is 24.0 Å². The number of likely N-dealkylation sites (tertiary alicyclic amines) is 1. The fourth-order valence-corrected chi connectivity index (χ4v) is 3.96. The fourth-order valence-electron chi connectivity index (χ4n) is 3.96. The predicted octanol–water partition coefficient (Wildman–Crippen LogP) is 2.41. The third-order valence-electron chi connectivity index (χ3n) is 5.51. The van der Waals surface area contributed by atoms with Gasteiger partial charge >= 0.3 is 0 Å². The molecule has 0 radical (unpaired) electrons. The van der Waals surface area contributed by atoms with Crippen LogP contribution in [-0.4, -0.2) is 75.8 Å². The third-order valence-corrected chi connectivity index (χ3v) is 5.51. The Morgan fingerprint density at radius 3 is 2.57 bits per heavy atom. The van der Waals surface area contributed by atoms with Crippen LogP contribution in [-0.2, 0) is 4.74 Å². The maximum atomic E-state index is 5.30. The van der Waals surface area contributed by atoms with E-state index in [1.807, 2.05) is 7.05 Å². The summed E-state index contributed by atoms with van der Waals surface area (Å²) in [6.07, 6.45) is 7.85. The van der Waals surface area contributed by atoms with E-state index >= 15 is 0 Å². The van der Waals surface area contributed by atoms with E-state index < -0.39 is 0 Å². The Morgan fingerprint density at radius 1 is 1.30 bits per heavy atom. The van der Waals surface area contributed by atoms with Crippen LogP contribution in [0.2, 0.25) is 0 Å². The minimum Gasteiger partial charge on any atom is -0.384 e. The van der Waals surface area contributed by atoms with Crippen LogP contribution in [0.3, 0.4) is 0 Å². The van der Waals surface area contributed by atoms with Crippen molar-refractivity contribution in [2.24, 2.45) is 10.9 Å². The van der Waals surface area contributed by atoms with Gasteiger partial charge in [0.25, 0.3) is 0 Å². The van der Waals surface area contributed by atoms with Gasteiger partial charge in [0, 0.05) is 45.2 Å². The highest BCUT2D eigenvalue weighted by atomic mass is 127. The Labute approximate surface area is 159 Å². The van der Waals surface area contributed by atoms with Gasteiger partial charge in [0.2, 0.25) is 0 Å². The lowest BCUT2D eigenvalue weighted by Gasteiger charge is -2.43. The maximum Gasteiger partial charge on any atom is 0.193 e. The molecule has 0 aromatic carbocycles. The van der Waals surface area contributed by atoms with E-state index in [9.17, 15) is 0 Å². The van der Waals surface area contributed by atoms with E-state index in [4.69, 9.17) is 4.74 Å². The standard InChI is InChI=1S/C17H34N4O.HI/c1-18-16(21-11-8-15(12-21)13-22-4)19-14-17(20(2)3)9-6-5-7-10-17;/h15H,5-14H2,1-4H3,(H,18,19);1H. The molecule has 6 heteroatoms. The lowest BCUT2D eigenvalue weighted by atomic mass is 9.80. The molecule has 0 amide bonds. The zero-order valence-corrected chi connectivity index (χ0v) is 17.6. The summed E-state index contributed by atoms with van der Waals surface area (Å²) < 4.78 is 5.30. The van der Waals surface area contributed by atoms with Crippen molar-refractivity contribution in [3.63, 3.8) is 0 Å². The maximum absolute atomic E-state index is 5.30. The lowest BCUT2D eigenvalue weighted by molar-refractivity contribution is 0.103. The van der Waals surface area contributed by atoms with Crippen LogP contribution in [0.4, 0.5) is 0 Å². The van der Waals surface area contributed by atoms with Gasteiger partial charge in [-0.25, -0.2) is 0 Å². The molecule has 1 N–H and O–H groups in total. The summed E-state index contributed by atoms with van der Waals surface area (Å²) in [7, 11) is 8.13. The van der Waals surface area contributed by atoms with Crippen molar-refractivity contribution >= 4 is 29.9 Å². The van der Waals surface area contributed by atoms with Crippen molar-refractivity contribution in [1.29, 1.82) is 0 Å². The first kappa shape index (κ1) is 21.0. The van der Waals surface area contributed by atoms with Gasteiger partial charge in [-0.15, -0.1) is 24.0 Å². The molecule has 1 saturated carbocycles. The zero-order chi connectivity index (χ0) is 16.0. The molecule has 0 aromatic rings. The van der Waals surface area contributed by atoms with Crippen molar-refractivity contribution in [2.75, 3.05) is 54.5 Å². The predicted molar refractivity (Wildman–Crippen MR) is 108 cm³/mol. The first-order valence-corrected chi connectivity index (χ1v) is 8.73. The molecular weight excluding hydrogens is 403 g/mol. The van der Waals surface area contributed by atoms with Crippen LogP contribution in [0, 0.1) is 5.92 Å². The normalized spacial score (nSPS) is 24.7. The first-order chi connectivity index (χ1) is 10.6. The Morgan fingerprint density at radius 2 is 2.00 bits per heavy atom. The highest BCUT2D eigenvalue weighted by Crippen LogP contribution is 2.31. The van der Waals surface area contributed by atoms with Crippen molar-refractivity contribution in [3.8, 4) is 0 Å². The molecule has 1 atom stereocenters. The van der Waals surface area contributed by atoms with Gasteiger partial charge in [0.05, 0.1) is 6.61 Å².